The van der Waals surface area contributed by atoms with Crippen LogP contribution in [0.3, 0.4) is 0 Å². The second-order valence-corrected chi connectivity index (χ2v) is 4.73. The van der Waals surface area contributed by atoms with Crippen LogP contribution in [0.4, 0.5) is 0 Å². The van der Waals surface area contributed by atoms with Gasteiger partial charge in [0.05, 0.1) is 17.3 Å². The van der Waals surface area contributed by atoms with E-state index in [-0.39, 0.29) is 11.9 Å². The molecule has 0 aliphatic carbocycles. The van der Waals surface area contributed by atoms with E-state index >= 15 is 0 Å². The van der Waals surface area contributed by atoms with Crippen LogP contribution in [0.2, 0.25) is 0 Å². The summed E-state index contributed by atoms with van der Waals surface area (Å²) in [5.41, 5.74) is 1.45. The third-order valence-electron chi connectivity index (χ3n) is 2.59. The van der Waals surface area contributed by atoms with Crippen LogP contribution < -0.4 is 5.32 Å². The van der Waals surface area contributed by atoms with E-state index < -0.39 is 0 Å². The van der Waals surface area contributed by atoms with E-state index in [1.807, 2.05) is 31.3 Å². The Morgan fingerprint density at radius 1 is 1.59 bits per heavy atom. The second kappa shape index (κ2) is 5.31. The van der Waals surface area contributed by atoms with E-state index in [2.05, 4.69) is 26.3 Å². The van der Waals surface area contributed by atoms with Gasteiger partial charge in [0.2, 0.25) is 0 Å². The number of nitrogens with zero attached hydrogens (tertiary/aromatic N) is 2. The van der Waals surface area contributed by atoms with E-state index in [9.17, 15) is 4.79 Å². The molecule has 2 aromatic rings. The third kappa shape index (κ3) is 2.66. The Labute approximate surface area is 108 Å². The number of alkyl halides is 1. The smallest absolute Gasteiger partial charge is 0.255 e. The molecule has 0 radical (unpaired) electrons. The fraction of sp³-hybridized carbons (Fsp3) is 0.333. The highest BCUT2D eigenvalue weighted by atomic mass is 79.9. The normalized spacial score (nSPS) is 12.6. The van der Waals surface area contributed by atoms with Crippen LogP contribution in [-0.2, 0) is 0 Å². The predicted octanol–water partition coefficient (Wildman–Crippen LogP) is 2.24. The summed E-state index contributed by atoms with van der Waals surface area (Å²) in [5.74, 6) is -0.0698. The van der Waals surface area contributed by atoms with Crippen LogP contribution in [0.5, 0.6) is 0 Å². The zero-order valence-electron chi connectivity index (χ0n) is 9.56. The molecule has 1 unspecified atom stereocenters. The molecule has 4 nitrogen and oxygen atoms in total. The van der Waals surface area contributed by atoms with E-state index in [1.165, 1.54) is 0 Å². The Morgan fingerprint density at radius 3 is 3.18 bits per heavy atom. The Morgan fingerprint density at radius 2 is 2.41 bits per heavy atom. The Kier molecular flexibility index (Phi) is 3.78. The minimum Gasteiger partial charge on any atom is -0.349 e. The molecule has 0 saturated heterocycles. The molecule has 0 aromatic carbocycles. The average molecular weight is 296 g/mol. The van der Waals surface area contributed by atoms with Gasteiger partial charge in [-0.05, 0) is 25.5 Å². The van der Waals surface area contributed by atoms with Crippen molar-refractivity contribution in [2.24, 2.45) is 0 Å². The van der Waals surface area contributed by atoms with Gasteiger partial charge in [0.15, 0.2) is 0 Å². The largest absolute Gasteiger partial charge is 0.349 e. The highest BCUT2D eigenvalue weighted by Crippen LogP contribution is 2.10. The first-order valence-electron chi connectivity index (χ1n) is 5.51. The molecule has 1 amide bonds. The summed E-state index contributed by atoms with van der Waals surface area (Å²) >= 11 is 3.36. The van der Waals surface area contributed by atoms with Crippen molar-refractivity contribution in [3.8, 4) is 0 Å². The monoisotopic (exact) mass is 295 g/mol. The fourth-order valence-electron chi connectivity index (χ4n) is 1.65. The second-order valence-electron chi connectivity index (χ2n) is 3.94. The lowest BCUT2D eigenvalue weighted by Gasteiger charge is -2.11. The van der Waals surface area contributed by atoms with Crippen LogP contribution in [0.1, 0.15) is 23.7 Å². The van der Waals surface area contributed by atoms with Gasteiger partial charge in [-0.15, -0.1) is 0 Å². The lowest BCUT2D eigenvalue weighted by molar-refractivity contribution is 0.0941. The maximum Gasteiger partial charge on any atom is 0.255 e. The van der Waals surface area contributed by atoms with Crippen LogP contribution in [0, 0.1) is 0 Å². The van der Waals surface area contributed by atoms with Crippen LogP contribution >= 0.6 is 15.9 Å². The van der Waals surface area contributed by atoms with Gasteiger partial charge < -0.3 is 5.32 Å². The van der Waals surface area contributed by atoms with E-state index in [0.717, 1.165) is 17.3 Å². The summed E-state index contributed by atoms with van der Waals surface area (Å²) in [6.07, 6.45) is 4.34. The Balaban J connectivity index is 2.19. The number of carbonyl (C=O) groups excluding carboxylic acids is 1. The summed E-state index contributed by atoms with van der Waals surface area (Å²) in [6.45, 7) is 1.99. The number of amides is 1. The maximum atomic E-state index is 12.0. The molecule has 17 heavy (non-hydrogen) atoms. The molecule has 90 valence electrons. The Bertz CT molecular complexity index is 523. The molecule has 0 aliphatic rings. The molecule has 1 N–H and O–H groups in total. The number of hydrogen-bond donors (Lipinski definition) is 1. The summed E-state index contributed by atoms with van der Waals surface area (Å²) in [5, 5.41) is 7.97. The zero-order valence-corrected chi connectivity index (χ0v) is 11.1. The molecule has 0 aliphatic heterocycles. The number of pyridine rings is 1. The van der Waals surface area contributed by atoms with Crippen LogP contribution in [0.25, 0.3) is 5.52 Å². The van der Waals surface area contributed by atoms with Crippen molar-refractivity contribution in [3.63, 3.8) is 0 Å². The lowest BCUT2D eigenvalue weighted by Crippen LogP contribution is -2.32. The van der Waals surface area contributed by atoms with Gasteiger partial charge in [-0.25, -0.2) is 4.52 Å². The molecular formula is C12H14BrN3O. The van der Waals surface area contributed by atoms with Gasteiger partial charge >= 0.3 is 0 Å². The molecule has 2 heterocycles. The van der Waals surface area contributed by atoms with E-state index in [0.29, 0.717) is 5.56 Å². The molecule has 1 atom stereocenters. The highest BCUT2D eigenvalue weighted by Gasteiger charge is 2.13. The number of nitrogens with one attached hydrogen (secondary N) is 1. The summed E-state index contributed by atoms with van der Waals surface area (Å²) < 4.78 is 1.70. The quantitative estimate of drug-likeness (QED) is 0.880. The standard InChI is InChI=1S/C12H14BrN3O/c1-9(5-6-13)15-12(17)10-8-14-16-7-3-2-4-11(10)16/h2-4,7-9H,5-6H2,1H3,(H,15,17). The first kappa shape index (κ1) is 12.1. The van der Waals surface area contributed by atoms with Gasteiger partial charge in [-0.1, -0.05) is 22.0 Å². The van der Waals surface area contributed by atoms with E-state index in [4.69, 9.17) is 0 Å². The topological polar surface area (TPSA) is 46.4 Å². The van der Waals surface area contributed by atoms with Crippen molar-refractivity contribution >= 4 is 27.4 Å². The third-order valence-corrected chi connectivity index (χ3v) is 3.05. The average Bonchev–Trinajstić information content (AvgIpc) is 2.72. The van der Waals surface area contributed by atoms with Crippen molar-refractivity contribution in [3.05, 3.63) is 36.2 Å². The fourth-order valence-corrected chi connectivity index (χ4v) is 2.33. The molecule has 0 bridgehead atoms. The number of rotatable bonds is 4. The Hall–Kier alpha value is -1.36. The van der Waals surface area contributed by atoms with Crippen LogP contribution in [-0.4, -0.2) is 26.9 Å². The van der Waals surface area contributed by atoms with Gasteiger partial charge in [-0.3, -0.25) is 4.79 Å². The van der Waals surface area contributed by atoms with Crippen molar-refractivity contribution in [2.75, 3.05) is 5.33 Å². The van der Waals surface area contributed by atoms with Crippen molar-refractivity contribution in [1.29, 1.82) is 0 Å². The first-order valence-corrected chi connectivity index (χ1v) is 6.63. The van der Waals surface area contributed by atoms with Crippen molar-refractivity contribution < 1.29 is 4.79 Å². The summed E-state index contributed by atoms with van der Waals surface area (Å²) in [4.78, 5) is 12.0. The summed E-state index contributed by atoms with van der Waals surface area (Å²) in [6, 6.07) is 5.82. The number of halogens is 1. The lowest BCUT2D eigenvalue weighted by atomic mass is 10.2. The summed E-state index contributed by atoms with van der Waals surface area (Å²) in [7, 11) is 0. The van der Waals surface area contributed by atoms with Gasteiger partial charge in [0, 0.05) is 17.6 Å². The molecular weight excluding hydrogens is 282 g/mol. The van der Waals surface area contributed by atoms with Gasteiger partial charge in [0.25, 0.3) is 5.91 Å². The maximum absolute atomic E-state index is 12.0. The van der Waals surface area contributed by atoms with Crippen LogP contribution in [0.15, 0.2) is 30.6 Å². The van der Waals surface area contributed by atoms with Gasteiger partial charge in [-0.2, -0.15) is 5.10 Å². The molecule has 2 aromatic heterocycles. The van der Waals surface area contributed by atoms with Crippen molar-refractivity contribution in [2.45, 2.75) is 19.4 Å². The SMILES string of the molecule is CC(CCBr)NC(=O)c1cnn2ccccc12. The molecule has 0 fully saturated rings. The highest BCUT2D eigenvalue weighted by molar-refractivity contribution is 9.09. The number of hydrogen-bond acceptors (Lipinski definition) is 2. The zero-order chi connectivity index (χ0) is 12.3. The number of carbonyl (C=O) groups is 1. The number of aromatic nitrogens is 2. The first-order chi connectivity index (χ1) is 8.22. The number of fused-ring (bicyclic) bond motifs is 1. The molecule has 2 rings (SSSR count). The molecule has 5 heteroatoms. The van der Waals surface area contributed by atoms with E-state index in [1.54, 1.807) is 10.7 Å². The predicted molar refractivity (Wildman–Crippen MR) is 70.5 cm³/mol. The van der Waals surface area contributed by atoms with Crippen molar-refractivity contribution in [1.82, 2.24) is 14.9 Å². The minimum atomic E-state index is -0.0698. The molecule has 0 saturated carbocycles. The molecule has 0 spiro atoms. The minimum absolute atomic E-state index is 0.0698. The van der Waals surface area contributed by atoms with Gasteiger partial charge in [0.1, 0.15) is 0 Å².